The van der Waals surface area contributed by atoms with E-state index in [9.17, 15) is 13.2 Å². The zero-order valence-electron chi connectivity index (χ0n) is 13.3. The summed E-state index contributed by atoms with van der Waals surface area (Å²) in [4.78, 5) is 11.2. The zero-order valence-corrected chi connectivity index (χ0v) is 14.2. The molecule has 3 N–H and O–H groups in total. The average molecular weight is 358 g/mol. The molecule has 0 atom stereocenters. The summed E-state index contributed by atoms with van der Waals surface area (Å²) in [5, 5.41) is 8.47. The van der Waals surface area contributed by atoms with E-state index in [1.54, 1.807) is 12.1 Å². The molecule has 2 aromatic carbocycles. The molecule has 0 spiro atoms. The molecule has 0 aromatic heterocycles. The maximum Gasteiger partial charge on any atom is 0.267 e. The number of sulfonamides is 1. The lowest BCUT2D eigenvalue weighted by Crippen LogP contribution is -2.35. The third-order valence-corrected chi connectivity index (χ3v) is 5.60. The van der Waals surface area contributed by atoms with E-state index in [0.29, 0.717) is 18.4 Å². The van der Waals surface area contributed by atoms with Gasteiger partial charge in [-0.25, -0.2) is 18.6 Å². The monoisotopic (exact) mass is 358 g/mol. The minimum atomic E-state index is -3.66. The first-order valence-corrected chi connectivity index (χ1v) is 9.27. The first-order valence-electron chi connectivity index (χ1n) is 7.79. The van der Waals surface area contributed by atoms with Gasteiger partial charge in [-0.15, -0.1) is 0 Å². The molecule has 1 amide bonds. The molecule has 7 heteroatoms. The van der Waals surface area contributed by atoms with E-state index in [-0.39, 0.29) is 10.9 Å². The van der Waals surface area contributed by atoms with Crippen molar-refractivity contribution < 1.29 is 18.4 Å². The van der Waals surface area contributed by atoms with E-state index in [1.807, 2.05) is 24.3 Å². The Kier molecular flexibility index (Phi) is 4.98. The standard InChI is InChI=1S/C18H18N2O4S/c21-18(19-22)9-8-13-4-3-7-17(10-13)25(23,24)20-16-11-14-5-1-2-6-15(14)12-16/h1-10,16,20,22H,11-12H2,(H,19,21)/b9-8+. The van der Waals surface area contributed by atoms with Crippen LogP contribution in [-0.2, 0) is 27.7 Å². The van der Waals surface area contributed by atoms with Crippen LogP contribution >= 0.6 is 0 Å². The molecule has 0 aliphatic heterocycles. The van der Waals surface area contributed by atoms with Crippen LogP contribution in [0.15, 0.2) is 59.5 Å². The quantitative estimate of drug-likeness (QED) is 0.430. The number of hydroxylamine groups is 1. The van der Waals surface area contributed by atoms with Crippen molar-refractivity contribution in [1.82, 2.24) is 10.2 Å². The first-order chi connectivity index (χ1) is 12.0. The van der Waals surface area contributed by atoms with Gasteiger partial charge in [0.05, 0.1) is 4.90 Å². The van der Waals surface area contributed by atoms with Gasteiger partial charge in [0, 0.05) is 12.1 Å². The predicted molar refractivity (Wildman–Crippen MR) is 93.4 cm³/mol. The van der Waals surface area contributed by atoms with E-state index >= 15 is 0 Å². The van der Waals surface area contributed by atoms with Gasteiger partial charge in [-0.1, -0.05) is 36.4 Å². The molecule has 3 rings (SSSR count). The van der Waals surface area contributed by atoms with Crippen LogP contribution in [0.3, 0.4) is 0 Å². The predicted octanol–water partition coefficient (Wildman–Crippen LogP) is 1.65. The van der Waals surface area contributed by atoms with Crippen LogP contribution in [0.1, 0.15) is 16.7 Å². The summed E-state index contributed by atoms with van der Waals surface area (Å²) in [5.41, 5.74) is 4.36. The van der Waals surface area contributed by atoms with Crippen molar-refractivity contribution >= 4 is 22.0 Å². The second-order valence-electron chi connectivity index (χ2n) is 5.88. The van der Waals surface area contributed by atoms with Crippen LogP contribution in [0.5, 0.6) is 0 Å². The van der Waals surface area contributed by atoms with Gasteiger partial charge >= 0.3 is 0 Å². The molecule has 0 bridgehead atoms. The summed E-state index contributed by atoms with van der Waals surface area (Å²) in [5.74, 6) is -0.685. The Morgan fingerprint density at radius 2 is 1.76 bits per heavy atom. The van der Waals surface area contributed by atoms with Crippen molar-refractivity contribution in [2.75, 3.05) is 0 Å². The molecule has 0 saturated carbocycles. The van der Waals surface area contributed by atoms with Gasteiger partial charge in [0.2, 0.25) is 10.0 Å². The summed E-state index contributed by atoms with van der Waals surface area (Å²) in [6.07, 6.45) is 3.89. The average Bonchev–Trinajstić information content (AvgIpc) is 3.01. The fourth-order valence-electron chi connectivity index (χ4n) is 2.92. The molecule has 2 aromatic rings. The number of rotatable bonds is 5. The molecule has 0 heterocycles. The highest BCUT2D eigenvalue weighted by molar-refractivity contribution is 7.89. The van der Waals surface area contributed by atoms with Crippen molar-refractivity contribution in [3.05, 3.63) is 71.3 Å². The van der Waals surface area contributed by atoms with Crippen LogP contribution in [-0.4, -0.2) is 25.6 Å². The SMILES string of the molecule is O=C(/C=C/c1cccc(S(=O)(=O)NC2Cc3ccccc3C2)c1)NO. The Balaban J connectivity index is 1.75. The Hall–Kier alpha value is -2.48. The van der Waals surface area contributed by atoms with Gasteiger partial charge in [0.1, 0.15) is 0 Å². The highest BCUT2D eigenvalue weighted by Gasteiger charge is 2.26. The van der Waals surface area contributed by atoms with Crippen LogP contribution in [0.2, 0.25) is 0 Å². The lowest BCUT2D eigenvalue weighted by atomic mass is 10.1. The summed E-state index contributed by atoms with van der Waals surface area (Å²) < 4.78 is 28.0. The lowest BCUT2D eigenvalue weighted by Gasteiger charge is -2.13. The minimum Gasteiger partial charge on any atom is -0.288 e. The maximum absolute atomic E-state index is 12.6. The summed E-state index contributed by atoms with van der Waals surface area (Å²) in [6, 6.07) is 14.0. The Morgan fingerprint density at radius 3 is 2.40 bits per heavy atom. The zero-order chi connectivity index (χ0) is 17.9. The lowest BCUT2D eigenvalue weighted by molar-refractivity contribution is -0.124. The maximum atomic E-state index is 12.6. The smallest absolute Gasteiger partial charge is 0.267 e. The Labute approximate surface area is 146 Å². The van der Waals surface area contributed by atoms with E-state index in [1.165, 1.54) is 34.8 Å². The first kappa shape index (κ1) is 17.3. The van der Waals surface area contributed by atoms with Crippen LogP contribution in [0.4, 0.5) is 0 Å². The second-order valence-corrected chi connectivity index (χ2v) is 7.59. The van der Waals surface area contributed by atoms with E-state index in [0.717, 1.165) is 6.08 Å². The third-order valence-electron chi connectivity index (χ3n) is 4.08. The molecule has 0 radical (unpaired) electrons. The van der Waals surface area contributed by atoms with Gasteiger partial charge in [-0.2, -0.15) is 0 Å². The summed E-state index contributed by atoms with van der Waals surface area (Å²) in [6.45, 7) is 0. The van der Waals surface area contributed by atoms with Crippen molar-refractivity contribution in [1.29, 1.82) is 0 Å². The molecule has 0 unspecified atom stereocenters. The fraction of sp³-hybridized carbons (Fsp3) is 0.167. The number of hydrogen-bond donors (Lipinski definition) is 3. The third kappa shape index (κ3) is 4.14. The number of nitrogens with one attached hydrogen (secondary N) is 2. The van der Waals surface area contributed by atoms with Crippen LogP contribution in [0.25, 0.3) is 6.08 Å². The van der Waals surface area contributed by atoms with E-state index in [2.05, 4.69) is 4.72 Å². The number of carbonyl (C=O) groups is 1. The highest BCUT2D eigenvalue weighted by atomic mass is 32.2. The van der Waals surface area contributed by atoms with Crippen molar-refractivity contribution in [2.45, 2.75) is 23.8 Å². The number of hydrogen-bond acceptors (Lipinski definition) is 4. The normalized spacial score (nSPS) is 14.6. The van der Waals surface area contributed by atoms with Crippen LogP contribution in [0, 0.1) is 0 Å². The van der Waals surface area contributed by atoms with Crippen molar-refractivity contribution in [2.24, 2.45) is 0 Å². The number of fused-ring (bicyclic) bond motifs is 1. The number of amides is 1. The van der Waals surface area contributed by atoms with E-state index < -0.39 is 15.9 Å². The number of carbonyl (C=O) groups excluding carboxylic acids is 1. The fourth-order valence-corrected chi connectivity index (χ4v) is 4.21. The van der Waals surface area contributed by atoms with Gasteiger partial charge in [0.15, 0.2) is 0 Å². The second kappa shape index (κ2) is 7.18. The molecular weight excluding hydrogens is 340 g/mol. The topological polar surface area (TPSA) is 95.5 Å². The molecule has 1 aliphatic rings. The summed E-state index contributed by atoms with van der Waals surface area (Å²) >= 11 is 0. The largest absolute Gasteiger partial charge is 0.288 e. The molecule has 0 fully saturated rings. The van der Waals surface area contributed by atoms with Crippen LogP contribution < -0.4 is 10.2 Å². The minimum absolute atomic E-state index is 0.134. The molecule has 1 aliphatic carbocycles. The molecular formula is C18H18N2O4S. The van der Waals surface area contributed by atoms with Gasteiger partial charge in [0.25, 0.3) is 5.91 Å². The Bertz CT molecular complexity index is 897. The highest BCUT2D eigenvalue weighted by Crippen LogP contribution is 2.23. The number of benzene rings is 2. The van der Waals surface area contributed by atoms with Gasteiger partial charge in [-0.05, 0) is 47.7 Å². The Morgan fingerprint density at radius 1 is 1.08 bits per heavy atom. The van der Waals surface area contributed by atoms with Crippen molar-refractivity contribution in [3.8, 4) is 0 Å². The summed E-state index contributed by atoms with van der Waals surface area (Å²) in [7, 11) is -3.66. The molecule has 6 nitrogen and oxygen atoms in total. The molecule has 0 saturated heterocycles. The molecule has 130 valence electrons. The van der Waals surface area contributed by atoms with Crippen molar-refractivity contribution in [3.63, 3.8) is 0 Å². The van der Waals surface area contributed by atoms with Gasteiger partial charge < -0.3 is 0 Å². The van der Waals surface area contributed by atoms with E-state index in [4.69, 9.17) is 5.21 Å². The van der Waals surface area contributed by atoms with Gasteiger partial charge in [-0.3, -0.25) is 10.0 Å². The molecule has 25 heavy (non-hydrogen) atoms.